The van der Waals surface area contributed by atoms with Crippen LogP contribution in [0.2, 0.25) is 0 Å². The molecule has 0 aliphatic rings. The molecule has 5 heteroatoms. The number of methoxy groups -OCH3 is 1. The zero-order valence-electron chi connectivity index (χ0n) is 10.6. The SMILES string of the molecule is C#CCNC(=O)c1ccc(N[C@H](C)COC)nc1. The lowest BCUT2D eigenvalue weighted by molar-refractivity contribution is 0.0958. The van der Waals surface area contributed by atoms with E-state index in [1.54, 1.807) is 19.2 Å². The average Bonchev–Trinajstić information content (AvgIpc) is 2.37. The highest BCUT2D eigenvalue weighted by Gasteiger charge is 2.06. The van der Waals surface area contributed by atoms with Gasteiger partial charge in [0.15, 0.2) is 0 Å². The predicted octanol–water partition coefficient (Wildman–Crippen LogP) is 0.891. The summed E-state index contributed by atoms with van der Waals surface area (Å²) in [7, 11) is 1.64. The summed E-state index contributed by atoms with van der Waals surface area (Å²) in [4.78, 5) is 15.7. The number of hydrogen-bond donors (Lipinski definition) is 2. The summed E-state index contributed by atoms with van der Waals surface area (Å²) >= 11 is 0. The van der Waals surface area contributed by atoms with Gasteiger partial charge in [-0.25, -0.2) is 4.98 Å². The summed E-state index contributed by atoms with van der Waals surface area (Å²) in [5, 5.41) is 5.73. The third kappa shape index (κ3) is 4.44. The molecule has 0 bridgehead atoms. The van der Waals surface area contributed by atoms with Crippen LogP contribution in [0, 0.1) is 12.3 Å². The zero-order chi connectivity index (χ0) is 13.4. The minimum Gasteiger partial charge on any atom is -0.383 e. The molecule has 96 valence electrons. The van der Waals surface area contributed by atoms with Crippen LogP contribution in [0.25, 0.3) is 0 Å². The third-order valence-electron chi connectivity index (χ3n) is 2.19. The number of nitrogens with zero attached hydrogens (tertiary/aromatic N) is 1. The first-order valence-corrected chi connectivity index (χ1v) is 5.60. The number of anilines is 1. The molecule has 0 aliphatic heterocycles. The zero-order valence-corrected chi connectivity index (χ0v) is 10.6. The number of terminal acetylenes is 1. The highest BCUT2D eigenvalue weighted by molar-refractivity contribution is 5.94. The monoisotopic (exact) mass is 247 g/mol. The van der Waals surface area contributed by atoms with Gasteiger partial charge in [-0.1, -0.05) is 5.92 Å². The number of nitrogens with one attached hydrogen (secondary N) is 2. The Morgan fingerprint density at radius 2 is 2.39 bits per heavy atom. The van der Waals surface area contributed by atoms with Crippen molar-refractivity contribution in [3.8, 4) is 12.3 Å². The second-order valence-corrected chi connectivity index (χ2v) is 3.82. The summed E-state index contributed by atoms with van der Waals surface area (Å²) in [5.41, 5.74) is 0.482. The smallest absolute Gasteiger partial charge is 0.253 e. The molecule has 18 heavy (non-hydrogen) atoms. The van der Waals surface area contributed by atoms with Crippen molar-refractivity contribution < 1.29 is 9.53 Å². The molecule has 1 aromatic heterocycles. The van der Waals surface area contributed by atoms with Crippen LogP contribution >= 0.6 is 0 Å². The molecule has 1 heterocycles. The summed E-state index contributed by atoms with van der Waals surface area (Å²) in [6.07, 6.45) is 6.57. The Bertz CT molecular complexity index is 423. The Balaban J connectivity index is 2.57. The van der Waals surface area contributed by atoms with Gasteiger partial charge < -0.3 is 15.4 Å². The van der Waals surface area contributed by atoms with E-state index in [4.69, 9.17) is 11.2 Å². The number of amides is 1. The van der Waals surface area contributed by atoms with Gasteiger partial charge in [-0.05, 0) is 19.1 Å². The van der Waals surface area contributed by atoms with E-state index in [9.17, 15) is 4.79 Å². The number of carbonyl (C=O) groups excluding carboxylic acids is 1. The number of pyridine rings is 1. The van der Waals surface area contributed by atoms with Crippen LogP contribution in [0.15, 0.2) is 18.3 Å². The van der Waals surface area contributed by atoms with E-state index in [1.807, 2.05) is 6.92 Å². The Hall–Kier alpha value is -2.06. The molecule has 0 fully saturated rings. The molecule has 1 aromatic rings. The van der Waals surface area contributed by atoms with Crippen molar-refractivity contribution in [1.29, 1.82) is 0 Å². The standard InChI is InChI=1S/C13H17N3O2/c1-4-7-14-13(17)11-5-6-12(15-8-11)16-10(2)9-18-3/h1,5-6,8,10H,7,9H2,2-3H3,(H,14,17)(H,15,16)/t10-/m1/s1. The summed E-state index contributed by atoms with van der Waals surface area (Å²) in [5.74, 6) is 2.82. The van der Waals surface area contributed by atoms with Gasteiger partial charge in [-0.15, -0.1) is 6.42 Å². The van der Waals surface area contributed by atoms with Crippen LogP contribution in [-0.4, -0.2) is 37.2 Å². The van der Waals surface area contributed by atoms with Crippen LogP contribution in [0.3, 0.4) is 0 Å². The number of carbonyl (C=O) groups is 1. The highest BCUT2D eigenvalue weighted by atomic mass is 16.5. The van der Waals surface area contributed by atoms with Crippen molar-refractivity contribution in [2.75, 3.05) is 25.6 Å². The van der Waals surface area contributed by atoms with Gasteiger partial charge in [-0.3, -0.25) is 4.79 Å². The van der Waals surface area contributed by atoms with E-state index in [0.29, 0.717) is 18.0 Å². The second kappa shape index (κ2) is 7.30. The molecule has 2 N–H and O–H groups in total. The Labute approximate surface area is 107 Å². The van der Waals surface area contributed by atoms with Crippen LogP contribution in [-0.2, 0) is 4.74 Å². The first-order chi connectivity index (χ1) is 8.67. The number of aromatic nitrogens is 1. The predicted molar refractivity (Wildman–Crippen MR) is 70.4 cm³/mol. The highest BCUT2D eigenvalue weighted by Crippen LogP contribution is 2.06. The molecular weight excluding hydrogens is 230 g/mol. The molecule has 0 unspecified atom stereocenters. The van der Waals surface area contributed by atoms with Gasteiger partial charge in [0.25, 0.3) is 5.91 Å². The van der Waals surface area contributed by atoms with E-state index >= 15 is 0 Å². The lowest BCUT2D eigenvalue weighted by Gasteiger charge is -2.13. The second-order valence-electron chi connectivity index (χ2n) is 3.82. The molecule has 5 nitrogen and oxygen atoms in total. The van der Waals surface area contributed by atoms with E-state index in [2.05, 4.69) is 21.5 Å². The largest absolute Gasteiger partial charge is 0.383 e. The maximum absolute atomic E-state index is 11.6. The summed E-state index contributed by atoms with van der Waals surface area (Å²) < 4.78 is 5.01. The molecule has 1 amide bonds. The number of hydrogen-bond acceptors (Lipinski definition) is 4. The molecule has 1 rings (SSSR count). The minimum atomic E-state index is -0.225. The third-order valence-corrected chi connectivity index (χ3v) is 2.19. The fourth-order valence-corrected chi connectivity index (χ4v) is 1.39. The molecule has 0 radical (unpaired) electrons. The van der Waals surface area contributed by atoms with Crippen molar-refractivity contribution in [2.24, 2.45) is 0 Å². The lowest BCUT2D eigenvalue weighted by atomic mass is 10.2. The molecule has 0 saturated heterocycles. The van der Waals surface area contributed by atoms with Crippen molar-refractivity contribution in [3.05, 3.63) is 23.9 Å². The first kappa shape index (κ1) is 14.0. The fraction of sp³-hybridized carbons (Fsp3) is 0.385. The maximum atomic E-state index is 11.6. The quantitative estimate of drug-likeness (QED) is 0.733. The van der Waals surface area contributed by atoms with Crippen LogP contribution in [0.1, 0.15) is 17.3 Å². The van der Waals surface area contributed by atoms with Gasteiger partial charge in [-0.2, -0.15) is 0 Å². The van der Waals surface area contributed by atoms with Gasteiger partial charge >= 0.3 is 0 Å². The average molecular weight is 247 g/mol. The van der Waals surface area contributed by atoms with E-state index in [-0.39, 0.29) is 18.5 Å². The van der Waals surface area contributed by atoms with Gasteiger partial charge in [0.1, 0.15) is 5.82 Å². The van der Waals surface area contributed by atoms with E-state index in [1.165, 1.54) is 6.20 Å². The Morgan fingerprint density at radius 1 is 1.61 bits per heavy atom. The Kier molecular flexibility index (Phi) is 5.68. The van der Waals surface area contributed by atoms with Crippen LogP contribution in [0.4, 0.5) is 5.82 Å². The van der Waals surface area contributed by atoms with Crippen LogP contribution < -0.4 is 10.6 Å². The summed E-state index contributed by atoms with van der Waals surface area (Å²) in [6.45, 7) is 2.79. The Morgan fingerprint density at radius 3 is 2.94 bits per heavy atom. The van der Waals surface area contributed by atoms with Gasteiger partial charge in [0.2, 0.25) is 0 Å². The fourth-order valence-electron chi connectivity index (χ4n) is 1.39. The normalized spacial score (nSPS) is 11.4. The van der Waals surface area contributed by atoms with Crippen molar-refractivity contribution >= 4 is 11.7 Å². The van der Waals surface area contributed by atoms with Gasteiger partial charge in [0.05, 0.1) is 18.7 Å². The lowest BCUT2D eigenvalue weighted by Crippen LogP contribution is -2.24. The number of ether oxygens (including phenoxy) is 1. The molecule has 0 saturated carbocycles. The maximum Gasteiger partial charge on any atom is 0.253 e. The summed E-state index contributed by atoms with van der Waals surface area (Å²) in [6, 6.07) is 3.60. The van der Waals surface area contributed by atoms with Crippen molar-refractivity contribution in [1.82, 2.24) is 10.3 Å². The van der Waals surface area contributed by atoms with Crippen LogP contribution in [0.5, 0.6) is 0 Å². The number of rotatable bonds is 6. The van der Waals surface area contributed by atoms with Crippen molar-refractivity contribution in [2.45, 2.75) is 13.0 Å². The minimum absolute atomic E-state index is 0.156. The molecule has 0 aliphatic carbocycles. The molecule has 0 spiro atoms. The molecule has 0 aromatic carbocycles. The van der Waals surface area contributed by atoms with E-state index in [0.717, 1.165) is 0 Å². The van der Waals surface area contributed by atoms with Gasteiger partial charge in [0, 0.05) is 19.3 Å². The van der Waals surface area contributed by atoms with Crippen molar-refractivity contribution in [3.63, 3.8) is 0 Å². The topological polar surface area (TPSA) is 63.2 Å². The molecular formula is C13H17N3O2. The van der Waals surface area contributed by atoms with E-state index < -0.39 is 0 Å². The first-order valence-electron chi connectivity index (χ1n) is 5.60. The molecule has 1 atom stereocenters.